The molecule has 7 heteroatoms. The van der Waals surface area contributed by atoms with E-state index in [9.17, 15) is 22.4 Å². The van der Waals surface area contributed by atoms with Crippen LogP contribution in [-0.4, -0.2) is 29.9 Å². The standard InChI is InChI=1S/C14H16F4N2O/c1-8(19)10-4-5-20(7-10)13(21)9-2-3-12(15)11(6-9)14(16,17)18/h2-3,6,8,10H,4-5,7,19H2,1H3. The molecule has 1 saturated heterocycles. The van der Waals surface area contributed by atoms with Crippen molar-refractivity contribution in [3.8, 4) is 0 Å². The number of likely N-dealkylation sites (tertiary alicyclic amines) is 1. The van der Waals surface area contributed by atoms with Crippen LogP contribution in [-0.2, 0) is 6.18 Å². The molecule has 1 heterocycles. The van der Waals surface area contributed by atoms with Crippen LogP contribution in [0.5, 0.6) is 0 Å². The van der Waals surface area contributed by atoms with E-state index in [1.54, 1.807) is 0 Å². The molecule has 0 radical (unpaired) electrons. The molecule has 3 nitrogen and oxygen atoms in total. The number of carbonyl (C=O) groups excluding carboxylic acids is 1. The second-order valence-electron chi connectivity index (χ2n) is 5.35. The minimum absolute atomic E-state index is 0.0817. The average molecular weight is 304 g/mol. The van der Waals surface area contributed by atoms with Gasteiger partial charge < -0.3 is 10.6 Å². The summed E-state index contributed by atoms with van der Waals surface area (Å²) in [5, 5.41) is 0. The molecule has 1 amide bonds. The number of alkyl halides is 3. The van der Waals surface area contributed by atoms with E-state index in [1.165, 1.54) is 4.90 Å². The highest BCUT2D eigenvalue weighted by atomic mass is 19.4. The van der Waals surface area contributed by atoms with Crippen molar-refractivity contribution in [2.45, 2.75) is 25.6 Å². The van der Waals surface area contributed by atoms with Crippen LogP contribution >= 0.6 is 0 Å². The Morgan fingerprint density at radius 3 is 2.62 bits per heavy atom. The van der Waals surface area contributed by atoms with Gasteiger partial charge in [0.1, 0.15) is 5.82 Å². The maximum absolute atomic E-state index is 13.2. The van der Waals surface area contributed by atoms with Crippen molar-refractivity contribution in [2.75, 3.05) is 13.1 Å². The van der Waals surface area contributed by atoms with Gasteiger partial charge in [-0.05, 0) is 37.5 Å². The normalized spacial score (nSPS) is 20.7. The highest BCUT2D eigenvalue weighted by Gasteiger charge is 2.36. The van der Waals surface area contributed by atoms with Crippen molar-refractivity contribution in [1.29, 1.82) is 0 Å². The summed E-state index contributed by atoms with van der Waals surface area (Å²) in [7, 11) is 0. The van der Waals surface area contributed by atoms with E-state index in [0.717, 1.165) is 12.5 Å². The van der Waals surface area contributed by atoms with Gasteiger partial charge in [0, 0.05) is 24.7 Å². The van der Waals surface area contributed by atoms with Gasteiger partial charge in [-0.1, -0.05) is 0 Å². The van der Waals surface area contributed by atoms with Gasteiger partial charge in [-0.25, -0.2) is 4.39 Å². The Bertz CT molecular complexity index is 542. The number of hydrogen-bond donors (Lipinski definition) is 1. The number of rotatable bonds is 2. The second kappa shape index (κ2) is 5.63. The topological polar surface area (TPSA) is 46.3 Å². The SMILES string of the molecule is CC(N)C1CCN(C(=O)c2ccc(F)c(C(F)(F)F)c2)C1. The Balaban J connectivity index is 2.21. The summed E-state index contributed by atoms with van der Waals surface area (Å²) in [6.07, 6.45) is -4.10. The van der Waals surface area contributed by atoms with E-state index in [-0.39, 0.29) is 17.5 Å². The zero-order valence-electron chi connectivity index (χ0n) is 11.5. The Morgan fingerprint density at radius 1 is 1.43 bits per heavy atom. The molecule has 0 bridgehead atoms. The fraction of sp³-hybridized carbons (Fsp3) is 0.500. The first-order valence-corrected chi connectivity index (χ1v) is 6.61. The fourth-order valence-corrected chi connectivity index (χ4v) is 2.46. The number of benzene rings is 1. The molecule has 21 heavy (non-hydrogen) atoms. The summed E-state index contributed by atoms with van der Waals surface area (Å²) in [5.74, 6) is -1.77. The highest BCUT2D eigenvalue weighted by Crippen LogP contribution is 2.32. The summed E-state index contributed by atoms with van der Waals surface area (Å²) in [6.45, 7) is 2.69. The van der Waals surface area contributed by atoms with Crippen molar-refractivity contribution in [3.63, 3.8) is 0 Å². The Morgan fingerprint density at radius 2 is 2.10 bits per heavy atom. The molecule has 2 atom stereocenters. The summed E-state index contributed by atoms with van der Waals surface area (Å²) in [5.41, 5.74) is 4.19. The minimum Gasteiger partial charge on any atom is -0.338 e. The van der Waals surface area contributed by atoms with Gasteiger partial charge in [-0.2, -0.15) is 13.2 Å². The summed E-state index contributed by atoms with van der Waals surface area (Å²) in [4.78, 5) is 13.7. The lowest BCUT2D eigenvalue weighted by molar-refractivity contribution is -0.140. The number of hydrogen-bond acceptors (Lipinski definition) is 2. The monoisotopic (exact) mass is 304 g/mol. The van der Waals surface area contributed by atoms with Crippen LogP contribution in [0.4, 0.5) is 17.6 Å². The second-order valence-corrected chi connectivity index (χ2v) is 5.35. The van der Waals surface area contributed by atoms with Crippen LogP contribution in [0.1, 0.15) is 29.3 Å². The lowest BCUT2D eigenvalue weighted by Crippen LogP contribution is -2.33. The van der Waals surface area contributed by atoms with Gasteiger partial charge in [-0.15, -0.1) is 0 Å². The van der Waals surface area contributed by atoms with Crippen LogP contribution in [0.2, 0.25) is 0 Å². The Kier molecular flexibility index (Phi) is 4.22. The summed E-state index contributed by atoms with van der Waals surface area (Å²) < 4.78 is 51.2. The van der Waals surface area contributed by atoms with Gasteiger partial charge in [0.15, 0.2) is 0 Å². The molecule has 2 rings (SSSR count). The molecule has 1 aliphatic heterocycles. The van der Waals surface area contributed by atoms with Gasteiger partial charge in [-0.3, -0.25) is 4.79 Å². The Hall–Kier alpha value is -1.63. The number of nitrogens with zero attached hydrogens (tertiary/aromatic N) is 1. The quantitative estimate of drug-likeness (QED) is 0.854. The van der Waals surface area contributed by atoms with Crippen molar-refractivity contribution in [2.24, 2.45) is 11.7 Å². The first-order valence-electron chi connectivity index (χ1n) is 6.61. The first kappa shape index (κ1) is 15.8. The average Bonchev–Trinajstić information content (AvgIpc) is 2.86. The number of halogens is 4. The predicted octanol–water partition coefficient (Wildman–Crippen LogP) is 2.65. The van der Waals surface area contributed by atoms with Crippen LogP contribution < -0.4 is 5.73 Å². The van der Waals surface area contributed by atoms with Crippen molar-refractivity contribution in [1.82, 2.24) is 4.90 Å². The Labute approximate surface area is 119 Å². The highest BCUT2D eigenvalue weighted by molar-refractivity contribution is 5.94. The molecule has 116 valence electrons. The van der Waals surface area contributed by atoms with Crippen LogP contribution in [0.3, 0.4) is 0 Å². The zero-order chi connectivity index (χ0) is 15.8. The molecular weight excluding hydrogens is 288 g/mol. The predicted molar refractivity (Wildman–Crippen MR) is 69.1 cm³/mol. The van der Waals surface area contributed by atoms with Crippen LogP contribution in [0.15, 0.2) is 18.2 Å². The van der Waals surface area contributed by atoms with E-state index >= 15 is 0 Å². The third-order valence-electron chi connectivity index (χ3n) is 3.77. The number of amides is 1. The van der Waals surface area contributed by atoms with Crippen molar-refractivity contribution >= 4 is 5.91 Å². The summed E-state index contributed by atoms with van der Waals surface area (Å²) >= 11 is 0. The molecule has 0 saturated carbocycles. The van der Waals surface area contributed by atoms with E-state index in [1.807, 2.05) is 6.92 Å². The molecule has 1 fully saturated rings. The largest absolute Gasteiger partial charge is 0.419 e. The molecule has 2 N–H and O–H groups in total. The number of carbonyl (C=O) groups is 1. The van der Waals surface area contributed by atoms with Gasteiger partial charge in [0.05, 0.1) is 5.56 Å². The van der Waals surface area contributed by atoms with E-state index in [4.69, 9.17) is 5.73 Å². The summed E-state index contributed by atoms with van der Waals surface area (Å²) in [6, 6.07) is 2.24. The third-order valence-corrected chi connectivity index (χ3v) is 3.77. The van der Waals surface area contributed by atoms with E-state index in [2.05, 4.69) is 0 Å². The van der Waals surface area contributed by atoms with Gasteiger partial charge in [0.2, 0.25) is 0 Å². The lowest BCUT2D eigenvalue weighted by Gasteiger charge is -2.19. The van der Waals surface area contributed by atoms with Gasteiger partial charge >= 0.3 is 6.18 Å². The molecule has 0 aliphatic carbocycles. The molecular formula is C14H16F4N2O. The van der Waals surface area contributed by atoms with Gasteiger partial charge in [0.25, 0.3) is 5.91 Å². The van der Waals surface area contributed by atoms with E-state index in [0.29, 0.717) is 25.2 Å². The first-order chi connectivity index (χ1) is 9.70. The smallest absolute Gasteiger partial charge is 0.338 e. The molecule has 0 spiro atoms. The fourth-order valence-electron chi connectivity index (χ4n) is 2.46. The van der Waals surface area contributed by atoms with Crippen LogP contribution in [0.25, 0.3) is 0 Å². The molecule has 0 aromatic heterocycles. The molecule has 1 aromatic carbocycles. The minimum atomic E-state index is -4.82. The molecule has 1 aliphatic rings. The maximum Gasteiger partial charge on any atom is 0.419 e. The van der Waals surface area contributed by atoms with Crippen LogP contribution in [0, 0.1) is 11.7 Å². The molecule has 1 aromatic rings. The zero-order valence-corrected chi connectivity index (χ0v) is 11.5. The number of nitrogens with two attached hydrogens (primary N) is 1. The van der Waals surface area contributed by atoms with E-state index < -0.39 is 23.5 Å². The van der Waals surface area contributed by atoms with Crippen molar-refractivity contribution in [3.05, 3.63) is 35.1 Å². The molecule has 2 unspecified atom stereocenters. The maximum atomic E-state index is 13.2. The third kappa shape index (κ3) is 3.34. The van der Waals surface area contributed by atoms with Crippen molar-refractivity contribution < 1.29 is 22.4 Å². The lowest BCUT2D eigenvalue weighted by atomic mass is 10.0.